The standard InChI is InChI=1S/C32H31Cl2N3O5S/c1-35-32(39)29(19-23-10-5-3-6-11-23)36(21-24-12-9-13-25(33)18-24)31(38)22-37(28-20-26(34)16-17-30(28)42-2)43(40,41)27-14-7-4-8-15-27/h3-18,20,29H,19,21-22H2,1-2H3,(H,35,39). The second kappa shape index (κ2) is 14.4. The molecule has 4 rings (SSSR count). The van der Waals surface area contributed by atoms with E-state index in [0.717, 1.165) is 9.87 Å². The highest BCUT2D eigenvalue weighted by Crippen LogP contribution is 2.35. The van der Waals surface area contributed by atoms with E-state index < -0.39 is 34.4 Å². The highest BCUT2D eigenvalue weighted by molar-refractivity contribution is 7.92. The molecule has 0 aliphatic heterocycles. The zero-order valence-corrected chi connectivity index (χ0v) is 25.9. The topological polar surface area (TPSA) is 96.0 Å². The number of nitrogens with zero attached hydrogens (tertiary/aromatic N) is 2. The predicted molar refractivity (Wildman–Crippen MR) is 169 cm³/mol. The van der Waals surface area contributed by atoms with Gasteiger partial charge in [0.25, 0.3) is 10.0 Å². The molecule has 0 bridgehead atoms. The summed E-state index contributed by atoms with van der Waals surface area (Å²) in [5.74, 6) is -0.826. The maximum atomic E-state index is 14.4. The van der Waals surface area contributed by atoms with Crippen molar-refractivity contribution in [3.05, 3.63) is 124 Å². The molecule has 4 aromatic carbocycles. The van der Waals surface area contributed by atoms with Gasteiger partial charge in [-0.15, -0.1) is 0 Å². The molecule has 8 nitrogen and oxygen atoms in total. The van der Waals surface area contributed by atoms with Gasteiger partial charge in [-0.25, -0.2) is 8.42 Å². The molecule has 0 aromatic heterocycles. The number of nitrogens with one attached hydrogen (secondary N) is 1. The molecule has 0 saturated heterocycles. The van der Waals surface area contributed by atoms with Crippen molar-refractivity contribution in [3.8, 4) is 5.75 Å². The molecule has 0 aliphatic rings. The molecule has 0 aliphatic carbocycles. The van der Waals surface area contributed by atoms with Gasteiger partial charge in [-0.1, -0.05) is 83.9 Å². The van der Waals surface area contributed by atoms with Crippen LogP contribution in [0.5, 0.6) is 5.75 Å². The Morgan fingerprint density at radius 1 is 0.837 bits per heavy atom. The Kier molecular flexibility index (Phi) is 10.7. The van der Waals surface area contributed by atoms with Crippen molar-refractivity contribution in [2.24, 2.45) is 0 Å². The molecule has 4 aromatic rings. The largest absolute Gasteiger partial charge is 0.495 e. The number of methoxy groups -OCH3 is 1. The quantitative estimate of drug-likeness (QED) is 0.218. The Balaban J connectivity index is 1.83. The molecule has 1 N–H and O–H groups in total. The fourth-order valence-corrected chi connectivity index (χ4v) is 6.46. The summed E-state index contributed by atoms with van der Waals surface area (Å²) in [5.41, 5.74) is 1.57. The lowest BCUT2D eigenvalue weighted by Crippen LogP contribution is -2.53. The lowest BCUT2D eigenvalue weighted by atomic mass is 10.0. The smallest absolute Gasteiger partial charge is 0.264 e. The minimum atomic E-state index is -4.30. The van der Waals surface area contributed by atoms with Gasteiger partial charge in [0, 0.05) is 30.1 Å². The lowest BCUT2D eigenvalue weighted by Gasteiger charge is -2.34. The summed E-state index contributed by atoms with van der Waals surface area (Å²) < 4.78 is 34.6. The van der Waals surface area contributed by atoms with Crippen LogP contribution in [0.15, 0.2) is 108 Å². The number of carbonyl (C=O) groups is 2. The van der Waals surface area contributed by atoms with E-state index in [0.29, 0.717) is 10.6 Å². The fourth-order valence-electron chi connectivity index (χ4n) is 4.64. The van der Waals surface area contributed by atoms with Crippen molar-refractivity contribution >= 4 is 50.7 Å². The molecule has 0 spiro atoms. The Bertz CT molecular complexity index is 1670. The van der Waals surface area contributed by atoms with Crippen LogP contribution in [0.2, 0.25) is 10.0 Å². The number of ether oxygens (including phenoxy) is 1. The number of halogens is 2. The van der Waals surface area contributed by atoms with Crippen LogP contribution in [0.25, 0.3) is 0 Å². The average Bonchev–Trinajstić information content (AvgIpc) is 3.02. The number of likely N-dealkylation sites (N-methyl/N-ethyl adjacent to an activating group) is 1. The molecule has 43 heavy (non-hydrogen) atoms. The molecule has 11 heteroatoms. The first-order valence-corrected chi connectivity index (χ1v) is 15.5. The third kappa shape index (κ3) is 7.87. The molecule has 0 heterocycles. The molecule has 0 saturated carbocycles. The van der Waals surface area contributed by atoms with Crippen molar-refractivity contribution in [3.63, 3.8) is 0 Å². The van der Waals surface area contributed by atoms with E-state index in [2.05, 4.69) is 5.32 Å². The number of sulfonamides is 1. The van der Waals surface area contributed by atoms with Gasteiger partial charge in [0.05, 0.1) is 17.7 Å². The number of hydrogen-bond acceptors (Lipinski definition) is 5. The average molecular weight is 641 g/mol. The molecule has 1 unspecified atom stereocenters. The molecular weight excluding hydrogens is 609 g/mol. The SMILES string of the molecule is CNC(=O)C(Cc1ccccc1)N(Cc1cccc(Cl)c1)C(=O)CN(c1cc(Cl)ccc1OC)S(=O)(=O)c1ccccc1. The van der Waals surface area contributed by atoms with Crippen LogP contribution in [0.4, 0.5) is 5.69 Å². The van der Waals surface area contributed by atoms with E-state index in [1.54, 1.807) is 48.5 Å². The van der Waals surface area contributed by atoms with Crippen LogP contribution in [0.3, 0.4) is 0 Å². The van der Waals surface area contributed by atoms with Crippen LogP contribution >= 0.6 is 23.2 Å². The van der Waals surface area contributed by atoms with Crippen molar-refractivity contribution < 1.29 is 22.7 Å². The second-order valence-corrected chi connectivity index (χ2v) is 12.3. The number of carbonyl (C=O) groups excluding carboxylic acids is 2. The lowest BCUT2D eigenvalue weighted by molar-refractivity contribution is -0.139. The van der Waals surface area contributed by atoms with Crippen molar-refractivity contribution in [2.75, 3.05) is 25.0 Å². The number of benzene rings is 4. The van der Waals surface area contributed by atoms with E-state index in [1.165, 1.54) is 43.3 Å². The van der Waals surface area contributed by atoms with Crippen molar-refractivity contribution in [1.29, 1.82) is 0 Å². The maximum Gasteiger partial charge on any atom is 0.264 e. The Hall–Kier alpha value is -4.05. The fraction of sp³-hybridized carbons (Fsp3) is 0.188. The van der Waals surface area contributed by atoms with Gasteiger partial charge in [0.1, 0.15) is 18.3 Å². The first-order chi connectivity index (χ1) is 20.6. The summed E-state index contributed by atoms with van der Waals surface area (Å²) in [5, 5.41) is 3.37. The number of rotatable bonds is 12. The number of hydrogen-bond donors (Lipinski definition) is 1. The first-order valence-electron chi connectivity index (χ1n) is 13.3. The predicted octanol–water partition coefficient (Wildman–Crippen LogP) is 5.58. The van der Waals surface area contributed by atoms with Gasteiger partial charge in [0.2, 0.25) is 11.8 Å². The molecule has 0 fully saturated rings. The monoisotopic (exact) mass is 639 g/mol. The summed E-state index contributed by atoms with van der Waals surface area (Å²) in [6.45, 7) is -0.646. The zero-order chi connectivity index (χ0) is 31.0. The maximum absolute atomic E-state index is 14.4. The second-order valence-electron chi connectivity index (χ2n) is 9.61. The minimum absolute atomic E-state index is 0.00375. The minimum Gasteiger partial charge on any atom is -0.495 e. The highest BCUT2D eigenvalue weighted by Gasteiger charge is 2.35. The van der Waals surface area contributed by atoms with Gasteiger partial charge in [-0.05, 0) is 53.6 Å². The van der Waals surface area contributed by atoms with Gasteiger partial charge < -0.3 is 15.0 Å². The van der Waals surface area contributed by atoms with Crippen LogP contribution in [-0.4, -0.2) is 51.9 Å². The van der Waals surface area contributed by atoms with Crippen LogP contribution < -0.4 is 14.4 Å². The summed E-state index contributed by atoms with van der Waals surface area (Å²) >= 11 is 12.5. The Labute approximate surface area is 261 Å². The summed E-state index contributed by atoms with van der Waals surface area (Å²) in [4.78, 5) is 29.0. The Morgan fingerprint density at radius 3 is 2.09 bits per heavy atom. The third-order valence-corrected chi connectivity index (χ3v) is 9.02. The summed E-state index contributed by atoms with van der Waals surface area (Å²) in [6.07, 6.45) is 0.193. The molecule has 224 valence electrons. The van der Waals surface area contributed by atoms with Crippen LogP contribution in [-0.2, 0) is 32.6 Å². The summed E-state index contributed by atoms with van der Waals surface area (Å²) in [6, 6.07) is 27.5. The van der Waals surface area contributed by atoms with E-state index in [-0.39, 0.29) is 34.3 Å². The van der Waals surface area contributed by atoms with Crippen molar-refractivity contribution in [1.82, 2.24) is 10.2 Å². The normalized spacial score (nSPS) is 11.8. The van der Waals surface area contributed by atoms with Gasteiger partial charge in [-0.3, -0.25) is 13.9 Å². The van der Waals surface area contributed by atoms with Gasteiger partial charge >= 0.3 is 0 Å². The van der Waals surface area contributed by atoms with E-state index in [4.69, 9.17) is 27.9 Å². The third-order valence-electron chi connectivity index (χ3n) is 6.78. The highest BCUT2D eigenvalue weighted by atomic mass is 35.5. The number of amides is 2. The Morgan fingerprint density at radius 2 is 1.47 bits per heavy atom. The van der Waals surface area contributed by atoms with E-state index in [1.807, 2.05) is 30.3 Å². The summed E-state index contributed by atoms with van der Waals surface area (Å²) in [7, 11) is -1.41. The van der Waals surface area contributed by atoms with Gasteiger partial charge in [0.15, 0.2) is 0 Å². The molecule has 0 radical (unpaired) electrons. The molecule has 1 atom stereocenters. The zero-order valence-electron chi connectivity index (χ0n) is 23.6. The van der Waals surface area contributed by atoms with E-state index >= 15 is 0 Å². The first kappa shape index (κ1) is 31.9. The van der Waals surface area contributed by atoms with Crippen LogP contribution in [0, 0.1) is 0 Å². The number of anilines is 1. The molecule has 2 amide bonds. The molecular formula is C32H31Cl2N3O5S. The van der Waals surface area contributed by atoms with Gasteiger partial charge in [-0.2, -0.15) is 0 Å². The van der Waals surface area contributed by atoms with Crippen LogP contribution in [0.1, 0.15) is 11.1 Å². The van der Waals surface area contributed by atoms with E-state index in [9.17, 15) is 18.0 Å². The van der Waals surface area contributed by atoms with Crippen molar-refractivity contribution in [2.45, 2.75) is 23.9 Å².